The number of hydrogen-bond acceptors (Lipinski definition) is 7. The van der Waals surface area contributed by atoms with Gasteiger partial charge in [0.1, 0.15) is 12.1 Å². The van der Waals surface area contributed by atoms with Crippen molar-refractivity contribution in [1.29, 1.82) is 0 Å². The van der Waals surface area contributed by atoms with Crippen LogP contribution in [0.2, 0.25) is 0 Å². The molecular formula is C10H9N7S. The number of nitrogens with zero attached hydrogens (tertiary/aromatic N) is 6. The molecule has 0 bridgehead atoms. The molecule has 0 saturated carbocycles. The van der Waals surface area contributed by atoms with Crippen LogP contribution in [0.25, 0.3) is 16.9 Å². The molecule has 18 heavy (non-hydrogen) atoms. The van der Waals surface area contributed by atoms with Gasteiger partial charge in [-0.2, -0.15) is 9.78 Å². The molecule has 90 valence electrons. The van der Waals surface area contributed by atoms with Gasteiger partial charge in [-0.25, -0.2) is 19.9 Å². The lowest BCUT2D eigenvalue weighted by Gasteiger charge is -2.02. The number of aromatic nitrogens is 6. The second-order valence-corrected chi connectivity index (χ2v) is 4.23. The third-order valence-corrected chi connectivity index (χ3v) is 2.98. The second-order valence-electron chi connectivity index (χ2n) is 3.45. The molecule has 0 radical (unpaired) electrons. The first-order chi connectivity index (χ1) is 8.79. The summed E-state index contributed by atoms with van der Waals surface area (Å²) in [5.74, 6) is 1.06. The van der Waals surface area contributed by atoms with Crippen LogP contribution in [0.5, 0.6) is 0 Å². The van der Waals surface area contributed by atoms with Crippen molar-refractivity contribution in [1.82, 2.24) is 29.7 Å². The van der Waals surface area contributed by atoms with Crippen LogP contribution in [-0.4, -0.2) is 36.0 Å². The smallest absolute Gasteiger partial charge is 0.189 e. The fourth-order valence-electron chi connectivity index (χ4n) is 1.58. The van der Waals surface area contributed by atoms with Crippen molar-refractivity contribution >= 4 is 28.6 Å². The number of rotatable bonds is 2. The zero-order valence-corrected chi connectivity index (χ0v) is 10.3. The van der Waals surface area contributed by atoms with Crippen LogP contribution in [-0.2, 0) is 0 Å². The summed E-state index contributed by atoms with van der Waals surface area (Å²) in [6.45, 7) is 0. The van der Waals surface area contributed by atoms with E-state index in [1.54, 1.807) is 23.1 Å². The van der Waals surface area contributed by atoms with Crippen molar-refractivity contribution < 1.29 is 0 Å². The fraction of sp³-hybridized carbons (Fsp3) is 0.100. The molecule has 0 amide bonds. The minimum atomic E-state index is 0.408. The average Bonchev–Trinajstić information content (AvgIpc) is 2.84. The summed E-state index contributed by atoms with van der Waals surface area (Å²) >= 11 is 1.47. The molecule has 3 aromatic rings. The summed E-state index contributed by atoms with van der Waals surface area (Å²) in [4.78, 5) is 16.6. The molecule has 0 aliphatic heterocycles. The van der Waals surface area contributed by atoms with Crippen LogP contribution in [0.3, 0.4) is 0 Å². The largest absolute Gasteiger partial charge is 0.383 e. The Kier molecular flexibility index (Phi) is 2.56. The molecule has 3 aromatic heterocycles. The van der Waals surface area contributed by atoms with Crippen LogP contribution in [0.1, 0.15) is 0 Å². The van der Waals surface area contributed by atoms with Gasteiger partial charge < -0.3 is 5.73 Å². The molecule has 0 aromatic carbocycles. The van der Waals surface area contributed by atoms with Crippen molar-refractivity contribution in [3.63, 3.8) is 0 Å². The summed E-state index contributed by atoms with van der Waals surface area (Å²) in [5, 5.41) is 5.63. The van der Waals surface area contributed by atoms with Crippen LogP contribution >= 0.6 is 11.8 Å². The maximum atomic E-state index is 5.76. The highest BCUT2D eigenvalue weighted by atomic mass is 32.2. The molecule has 0 aliphatic rings. The molecule has 3 rings (SSSR count). The minimum Gasteiger partial charge on any atom is -0.383 e. The van der Waals surface area contributed by atoms with Gasteiger partial charge in [0.05, 0.1) is 11.6 Å². The predicted octanol–water partition coefficient (Wildman–Crippen LogP) is 0.910. The van der Waals surface area contributed by atoms with Gasteiger partial charge in [-0.15, -0.1) is 0 Å². The summed E-state index contributed by atoms with van der Waals surface area (Å²) < 4.78 is 1.62. The van der Waals surface area contributed by atoms with E-state index in [4.69, 9.17) is 5.73 Å². The summed E-state index contributed by atoms with van der Waals surface area (Å²) in [7, 11) is 0. The van der Waals surface area contributed by atoms with E-state index in [0.29, 0.717) is 27.8 Å². The van der Waals surface area contributed by atoms with Gasteiger partial charge in [-0.05, 0) is 6.26 Å². The first-order valence-electron chi connectivity index (χ1n) is 5.11. The van der Waals surface area contributed by atoms with E-state index >= 15 is 0 Å². The Labute approximate surface area is 106 Å². The van der Waals surface area contributed by atoms with Gasteiger partial charge in [-0.3, -0.25) is 0 Å². The summed E-state index contributed by atoms with van der Waals surface area (Å²) in [6.07, 6.45) is 6.64. The molecule has 8 heteroatoms. The number of thioether (sulfide) groups is 1. The topological polar surface area (TPSA) is 95.4 Å². The molecule has 0 unspecified atom stereocenters. The van der Waals surface area contributed by atoms with Gasteiger partial charge in [0.25, 0.3) is 0 Å². The Bertz CT molecular complexity index is 708. The lowest BCUT2D eigenvalue weighted by molar-refractivity contribution is 0.819. The Morgan fingerprint density at radius 2 is 2.17 bits per heavy atom. The van der Waals surface area contributed by atoms with Gasteiger partial charge in [0.2, 0.25) is 0 Å². The quantitative estimate of drug-likeness (QED) is 0.539. The van der Waals surface area contributed by atoms with E-state index in [9.17, 15) is 0 Å². The first kappa shape index (κ1) is 10.9. The van der Waals surface area contributed by atoms with Gasteiger partial charge >= 0.3 is 0 Å². The zero-order valence-electron chi connectivity index (χ0n) is 9.48. The van der Waals surface area contributed by atoms with Crippen LogP contribution < -0.4 is 5.73 Å². The third-order valence-electron chi connectivity index (χ3n) is 2.41. The molecule has 0 spiro atoms. The number of fused-ring (bicyclic) bond motifs is 1. The molecular weight excluding hydrogens is 250 g/mol. The summed E-state index contributed by atoms with van der Waals surface area (Å²) in [6, 6.07) is 1.77. The van der Waals surface area contributed by atoms with E-state index in [-0.39, 0.29) is 0 Å². The highest BCUT2D eigenvalue weighted by Gasteiger charge is 2.10. The van der Waals surface area contributed by atoms with Crippen LogP contribution in [0, 0.1) is 0 Å². The lowest BCUT2D eigenvalue weighted by atomic mass is 10.4. The van der Waals surface area contributed by atoms with Crippen molar-refractivity contribution in [2.24, 2.45) is 0 Å². The highest BCUT2D eigenvalue weighted by molar-refractivity contribution is 7.98. The number of nitrogens with two attached hydrogens (primary N) is 1. The number of anilines is 1. The van der Waals surface area contributed by atoms with Crippen molar-refractivity contribution in [3.8, 4) is 5.82 Å². The SMILES string of the molecule is CSc1nccc(-n2ncc3c(N)ncnc32)n1. The number of hydrogen-bond donors (Lipinski definition) is 1. The van der Waals surface area contributed by atoms with Crippen molar-refractivity contribution in [2.45, 2.75) is 5.16 Å². The van der Waals surface area contributed by atoms with Gasteiger partial charge in [-0.1, -0.05) is 11.8 Å². The molecule has 2 N–H and O–H groups in total. The Morgan fingerprint density at radius 1 is 1.28 bits per heavy atom. The minimum absolute atomic E-state index is 0.408. The van der Waals surface area contributed by atoms with E-state index in [1.807, 2.05) is 6.26 Å². The zero-order chi connectivity index (χ0) is 12.5. The van der Waals surface area contributed by atoms with Crippen LogP contribution in [0.15, 0.2) is 29.9 Å². The number of nitrogen functional groups attached to an aromatic ring is 1. The van der Waals surface area contributed by atoms with Crippen LogP contribution in [0.4, 0.5) is 5.82 Å². The monoisotopic (exact) mass is 259 g/mol. The molecule has 0 saturated heterocycles. The third kappa shape index (κ3) is 1.66. The molecule has 0 aliphatic carbocycles. The van der Waals surface area contributed by atoms with Gasteiger partial charge in [0, 0.05) is 12.3 Å². The second kappa shape index (κ2) is 4.22. The lowest BCUT2D eigenvalue weighted by Crippen LogP contribution is -2.02. The molecule has 7 nitrogen and oxygen atoms in total. The normalized spacial score (nSPS) is 10.9. The molecule has 0 atom stereocenters. The van der Waals surface area contributed by atoms with E-state index in [1.165, 1.54) is 18.1 Å². The summed E-state index contributed by atoms with van der Waals surface area (Å²) in [5.41, 5.74) is 6.40. The maximum Gasteiger partial charge on any atom is 0.189 e. The fourth-order valence-corrected chi connectivity index (χ4v) is 1.93. The average molecular weight is 259 g/mol. The van der Waals surface area contributed by atoms with Crippen molar-refractivity contribution in [2.75, 3.05) is 12.0 Å². The first-order valence-corrected chi connectivity index (χ1v) is 6.33. The standard InChI is InChI=1S/C10H9N7S/c1-18-10-12-3-2-7(16-10)17-9-6(4-15-17)8(11)13-5-14-9/h2-5H,1H3,(H2,11,13,14). The predicted molar refractivity (Wildman–Crippen MR) is 68.4 cm³/mol. The highest BCUT2D eigenvalue weighted by Crippen LogP contribution is 2.19. The molecule has 0 fully saturated rings. The van der Waals surface area contributed by atoms with Crippen molar-refractivity contribution in [3.05, 3.63) is 24.8 Å². The maximum absolute atomic E-state index is 5.76. The Morgan fingerprint density at radius 3 is 3.00 bits per heavy atom. The Balaban J connectivity index is 2.22. The van der Waals surface area contributed by atoms with E-state index < -0.39 is 0 Å². The van der Waals surface area contributed by atoms with Gasteiger partial charge in [0.15, 0.2) is 16.6 Å². The Hall–Kier alpha value is -2.22. The van der Waals surface area contributed by atoms with E-state index in [0.717, 1.165) is 0 Å². The molecule has 3 heterocycles. The van der Waals surface area contributed by atoms with E-state index in [2.05, 4.69) is 25.0 Å².